The summed E-state index contributed by atoms with van der Waals surface area (Å²) in [4.78, 5) is 47.1. The van der Waals surface area contributed by atoms with Crippen LogP contribution in [-0.2, 0) is 4.79 Å². The Bertz CT molecular complexity index is 1280. The minimum atomic E-state index is -0.210. The van der Waals surface area contributed by atoms with Gasteiger partial charge in [-0.05, 0) is 29.5 Å². The average Bonchev–Trinajstić information content (AvgIpc) is 3.44. The van der Waals surface area contributed by atoms with Gasteiger partial charge in [0.15, 0.2) is 0 Å². The lowest BCUT2D eigenvalue weighted by molar-refractivity contribution is -0.131. The van der Waals surface area contributed by atoms with Gasteiger partial charge in [0.25, 0.3) is 11.8 Å². The zero-order valence-corrected chi connectivity index (χ0v) is 21.0. The van der Waals surface area contributed by atoms with Crippen molar-refractivity contribution in [3.05, 3.63) is 83.4 Å². The van der Waals surface area contributed by atoms with Crippen molar-refractivity contribution in [3.63, 3.8) is 0 Å². The number of hydrogen-bond acceptors (Lipinski definition) is 5. The van der Waals surface area contributed by atoms with Crippen molar-refractivity contribution < 1.29 is 14.4 Å². The highest BCUT2D eigenvalue weighted by Crippen LogP contribution is 2.30. The summed E-state index contributed by atoms with van der Waals surface area (Å²) in [6, 6.07) is 21.7. The third-order valence-corrected chi connectivity index (χ3v) is 8.13. The number of imide groups is 1. The number of carbonyl (C=O) groups excluding carboxylic acids is 3. The van der Waals surface area contributed by atoms with Gasteiger partial charge in [-0.3, -0.25) is 29.1 Å². The molecule has 6 rings (SSSR count). The monoisotopic (exact) mass is 496 g/mol. The highest BCUT2D eigenvalue weighted by atomic mass is 16.2. The quantitative estimate of drug-likeness (QED) is 0.491. The summed E-state index contributed by atoms with van der Waals surface area (Å²) in [5.41, 5.74) is 2.53. The van der Waals surface area contributed by atoms with Crippen molar-refractivity contribution in [2.24, 2.45) is 0 Å². The Morgan fingerprint density at radius 2 is 1.38 bits per heavy atom. The van der Waals surface area contributed by atoms with Crippen LogP contribution >= 0.6 is 0 Å². The van der Waals surface area contributed by atoms with Crippen LogP contribution in [0.5, 0.6) is 0 Å². The molecule has 7 nitrogen and oxygen atoms in total. The van der Waals surface area contributed by atoms with Gasteiger partial charge in [0.2, 0.25) is 5.91 Å². The first-order valence-electron chi connectivity index (χ1n) is 13.2. The molecule has 0 radical (unpaired) electrons. The molecule has 3 amide bonds. The fraction of sp³-hybridized carbons (Fsp3) is 0.367. The minimum Gasteiger partial charge on any atom is -0.341 e. The van der Waals surface area contributed by atoms with Crippen molar-refractivity contribution in [2.45, 2.75) is 12.3 Å². The largest absolute Gasteiger partial charge is 0.341 e. The zero-order valence-electron chi connectivity index (χ0n) is 21.0. The molecule has 0 N–H and O–H groups in total. The van der Waals surface area contributed by atoms with Crippen LogP contribution in [0.4, 0.5) is 0 Å². The smallest absolute Gasteiger partial charge is 0.261 e. The molecule has 3 heterocycles. The summed E-state index contributed by atoms with van der Waals surface area (Å²) >= 11 is 0. The first-order chi connectivity index (χ1) is 18.1. The van der Waals surface area contributed by atoms with Crippen molar-refractivity contribution in [2.75, 3.05) is 58.9 Å². The van der Waals surface area contributed by atoms with Crippen molar-refractivity contribution in [1.82, 2.24) is 19.6 Å². The third-order valence-electron chi connectivity index (χ3n) is 8.13. The molecule has 2 saturated heterocycles. The predicted octanol–water partition coefficient (Wildman–Crippen LogP) is 3.07. The molecule has 3 aliphatic heterocycles. The summed E-state index contributed by atoms with van der Waals surface area (Å²) in [6.07, 6.45) is 1.02. The Balaban J connectivity index is 0.992. The van der Waals surface area contributed by atoms with Gasteiger partial charge in [-0.15, -0.1) is 0 Å². The van der Waals surface area contributed by atoms with Gasteiger partial charge in [0.05, 0.1) is 6.54 Å². The Kier molecular flexibility index (Phi) is 6.49. The maximum atomic E-state index is 13.1. The van der Waals surface area contributed by atoms with E-state index in [1.54, 1.807) is 0 Å². The number of hydrogen-bond donors (Lipinski definition) is 0. The van der Waals surface area contributed by atoms with E-state index in [1.807, 2.05) is 47.4 Å². The fourth-order valence-corrected chi connectivity index (χ4v) is 5.97. The molecule has 1 atom stereocenters. The SMILES string of the molecule is O=C(CN1CCN(CCN2C(=O)c3cccc4cccc(c34)C2=O)CC1)N1CC[C@H](c2ccccc2)C1. The Hall–Kier alpha value is -3.55. The van der Waals surface area contributed by atoms with E-state index in [0.717, 1.165) is 56.5 Å². The van der Waals surface area contributed by atoms with Gasteiger partial charge in [-0.1, -0.05) is 54.6 Å². The first-order valence-corrected chi connectivity index (χ1v) is 13.2. The highest BCUT2D eigenvalue weighted by molar-refractivity contribution is 6.25. The summed E-state index contributed by atoms with van der Waals surface area (Å²) < 4.78 is 0. The second-order valence-corrected chi connectivity index (χ2v) is 10.3. The molecule has 2 fully saturated rings. The molecule has 0 aliphatic carbocycles. The van der Waals surface area contributed by atoms with Gasteiger partial charge < -0.3 is 4.90 Å². The summed E-state index contributed by atoms with van der Waals surface area (Å²) in [5.74, 6) is 0.223. The fourth-order valence-electron chi connectivity index (χ4n) is 5.97. The van der Waals surface area contributed by atoms with E-state index in [2.05, 4.69) is 34.1 Å². The molecule has 37 heavy (non-hydrogen) atoms. The number of rotatable bonds is 6. The third kappa shape index (κ3) is 4.65. The van der Waals surface area contributed by atoms with Crippen LogP contribution in [0, 0.1) is 0 Å². The lowest BCUT2D eigenvalue weighted by Gasteiger charge is -2.36. The first kappa shape index (κ1) is 23.8. The normalized spacial score (nSPS) is 20.7. The Morgan fingerprint density at radius 1 is 0.730 bits per heavy atom. The van der Waals surface area contributed by atoms with E-state index in [4.69, 9.17) is 0 Å². The Labute approximate surface area is 217 Å². The van der Waals surface area contributed by atoms with E-state index in [0.29, 0.717) is 36.7 Å². The van der Waals surface area contributed by atoms with Crippen molar-refractivity contribution in [3.8, 4) is 0 Å². The van der Waals surface area contributed by atoms with Crippen LogP contribution in [0.15, 0.2) is 66.7 Å². The molecule has 0 unspecified atom stereocenters. The minimum absolute atomic E-state index is 0.210. The molecule has 7 heteroatoms. The number of piperazine rings is 1. The van der Waals surface area contributed by atoms with Crippen LogP contribution in [-0.4, -0.2) is 96.2 Å². The number of likely N-dealkylation sites (tertiary alicyclic amines) is 1. The van der Waals surface area contributed by atoms with E-state index >= 15 is 0 Å². The number of nitrogens with zero attached hydrogens (tertiary/aromatic N) is 4. The van der Waals surface area contributed by atoms with Gasteiger partial charge >= 0.3 is 0 Å². The van der Waals surface area contributed by atoms with Crippen LogP contribution in [0.2, 0.25) is 0 Å². The van der Waals surface area contributed by atoms with E-state index in [9.17, 15) is 14.4 Å². The van der Waals surface area contributed by atoms with E-state index in [1.165, 1.54) is 10.5 Å². The average molecular weight is 497 g/mol. The molecule has 0 aromatic heterocycles. The number of carbonyl (C=O) groups is 3. The maximum Gasteiger partial charge on any atom is 0.261 e. The number of benzene rings is 3. The molecule has 3 aliphatic rings. The lowest BCUT2D eigenvalue weighted by Crippen LogP contribution is -2.52. The summed E-state index contributed by atoms with van der Waals surface area (Å²) in [5, 5.41) is 1.69. The molecule has 3 aromatic rings. The molecule has 190 valence electrons. The van der Waals surface area contributed by atoms with Gasteiger partial charge in [0.1, 0.15) is 0 Å². The molecule has 0 bridgehead atoms. The molecular weight excluding hydrogens is 464 g/mol. The van der Waals surface area contributed by atoms with Gasteiger partial charge in [0, 0.05) is 74.8 Å². The topological polar surface area (TPSA) is 64.2 Å². The van der Waals surface area contributed by atoms with Crippen LogP contribution in [0.3, 0.4) is 0 Å². The summed E-state index contributed by atoms with van der Waals surface area (Å²) in [6.45, 7) is 6.37. The van der Waals surface area contributed by atoms with E-state index in [-0.39, 0.29) is 17.7 Å². The van der Waals surface area contributed by atoms with Crippen LogP contribution < -0.4 is 0 Å². The van der Waals surface area contributed by atoms with Crippen molar-refractivity contribution >= 4 is 28.5 Å². The maximum absolute atomic E-state index is 13.1. The van der Waals surface area contributed by atoms with Crippen molar-refractivity contribution in [1.29, 1.82) is 0 Å². The second-order valence-electron chi connectivity index (χ2n) is 10.3. The molecule has 0 saturated carbocycles. The Morgan fingerprint density at radius 3 is 2.05 bits per heavy atom. The standard InChI is InChI=1S/C30H32N4O3/c35-27(33-13-12-24(20-33)22-6-2-1-3-7-22)21-32-16-14-31(15-17-32)18-19-34-29(36)25-10-4-8-23-9-5-11-26(28(23)25)30(34)37/h1-11,24H,12-21H2/t24-/m0/s1. The highest BCUT2D eigenvalue weighted by Gasteiger charge is 2.33. The lowest BCUT2D eigenvalue weighted by atomic mass is 9.94. The number of amides is 3. The second kappa shape index (κ2) is 10.1. The van der Waals surface area contributed by atoms with Gasteiger partial charge in [-0.2, -0.15) is 0 Å². The zero-order chi connectivity index (χ0) is 25.4. The summed E-state index contributed by atoms with van der Waals surface area (Å²) in [7, 11) is 0. The van der Waals surface area contributed by atoms with Gasteiger partial charge in [-0.25, -0.2) is 0 Å². The van der Waals surface area contributed by atoms with Crippen LogP contribution in [0.1, 0.15) is 38.6 Å². The molecule has 0 spiro atoms. The predicted molar refractivity (Wildman–Crippen MR) is 143 cm³/mol. The van der Waals surface area contributed by atoms with E-state index < -0.39 is 0 Å². The molecular formula is C30H32N4O3. The molecule has 3 aromatic carbocycles. The van der Waals surface area contributed by atoms with Crippen LogP contribution in [0.25, 0.3) is 10.8 Å².